The van der Waals surface area contributed by atoms with Gasteiger partial charge in [0.15, 0.2) is 11.3 Å². The predicted octanol–water partition coefficient (Wildman–Crippen LogP) is 3.99. The Balaban J connectivity index is 0.000000167. The summed E-state index contributed by atoms with van der Waals surface area (Å²) in [5, 5.41) is 21.7. The molecular weight excluding hydrogens is 743 g/mol. The molecule has 2 fully saturated rings. The number of hydrogen-bond donors (Lipinski definition) is 4. The third kappa shape index (κ3) is 8.30. The second-order valence-corrected chi connectivity index (χ2v) is 17.1. The van der Waals surface area contributed by atoms with Crippen LogP contribution in [0.25, 0.3) is 44.6 Å². The number of sulfonamides is 2. The lowest BCUT2D eigenvalue weighted by Gasteiger charge is -2.30. The molecule has 2 saturated heterocycles. The lowest BCUT2D eigenvalue weighted by atomic mass is 10.1. The van der Waals surface area contributed by atoms with Crippen molar-refractivity contribution in [1.29, 1.82) is 0 Å². The molecule has 2 aromatic carbocycles. The van der Waals surface area contributed by atoms with Gasteiger partial charge in [-0.3, -0.25) is 10.2 Å². The van der Waals surface area contributed by atoms with Crippen LogP contribution in [0.2, 0.25) is 0 Å². The predicted molar refractivity (Wildman–Crippen MR) is 200 cm³/mol. The second kappa shape index (κ2) is 15.3. The van der Waals surface area contributed by atoms with E-state index in [0.29, 0.717) is 62.0 Å². The fourth-order valence-corrected chi connectivity index (χ4v) is 8.28. The van der Waals surface area contributed by atoms with Crippen molar-refractivity contribution in [2.75, 3.05) is 49.3 Å². The van der Waals surface area contributed by atoms with Gasteiger partial charge in [-0.15, -0.1) is 0 Å². The first-order valence-electron chi connectivity index (χ1n) is 17.2. The van der Waals surface area contributed by atoms with Gasteiger partial charge in [0.25, 0.3) is 0 Å². The summed E-state index contributed by atoms with van der Waals surface area (Å²) in [6.45, 7) is 1.88. The molecule has 6 aromatic rings. The number of rotatable bonds is 8. The lowest BCUT2D eigenvalue weighted by molar-refractivity contribution is 0.331. The number of fused-ring (bicyclic) bond motifs is 2. The van der Waals surface area contributed by atoms with E-state index in [9.17, 15) is 25.6 Å². The number of aromatic amines is 2. The number of anilines is 2. The largest absolute Gasteiger partial charge is 0.351 e. The van der Waals surface area contributed by atoms with E-state index >= 15 is 0 Å². The molecule has 0 radical (unpaired) electrons. The van der Waals surface area contributed by atoms with Gasteiger partial charge < -0.3 is 10.6 Å². The fourth-order valence-electron chi connectivity index (χ4n) is 6.53. The molecule has 2 aliphatic heterocycles. The zero-order valence-electron chi connectivity index (χ0n) is 29.4. The van der Waals surface area contributed by atoms with Crippen LogP contribution in [-0.2, 0) is 20.0 Å². The normalized spacial score (nSPS) is 16.7. The third-order valence-corrected chi connectivity index (χ3v) is 12.0. The summed E-state index contributed by atoms with van der Waals surface area (Å²) >= 11 is 0. The van der Waals surface area contributed by atoms with Crippen LogP contribution >= 0.6 is 0 Å². The van der Waals surface area contributed by atoms with Gasteiger partial charge in [-0.05, 0) is 37.8 Å². The summed E-state index contributed by atoms with van der Waals surface area (Å²) in [5.74, 6) is -0.561. The van der Waals surface area contributed by atoms with Crippen LogP contribution in [0.5, 0.6) is 0 Å². The highest BCUT2D eigenvalue weighted by atomic mass is 32.2. The molecule has 0 atom stereocenters. The summed E-state index contributed by atoms with van der Waals surface area (Å²) in [6.07, 6.45) is 8.38. The monoisotopic (exact) mass is 780 g/mol. The number of nitrogens with one attached hydrogen (secondary N) is 4. The van der Waals surface area contributed by atoms with E-state index in [1.165, 1.54) is 45.5 Å². The Kier molecular flexibility index (Phi) is 10.5. The Labute approximate surface area is 309 Å². The lowest BCUT2D eigenvalue weighted by Crippen LogP contribution is -2.42. The van der Waals surface area contributed by atoms with E-state index in [-0.39, 0.29) is 29.0 Å². The van der Waals surface area contributed by atoms with Crippen LogP contribution in [0.4, 0.5) is 20.7 Å². The van der Waals surface area contributed by atoms with Crippen LogP contribution in [0.15, 0.2) is 60.9 Å². The van der Waals surface area contributed by atoms with Crippen LogP contribution in [0.1, 0.15) is 25.7 Å². The molecule has 0 saturated carbocycles. The molecule has 0 amide bonds. The van der Waals surface area contributed by atoms with Crippen molar-refractivity contribution in [2.24, 2.45) is 0 Å². The molecule has 0 spiro atoms. The minimum Gasteiger partial charge on any atom is -0.351 e. The molecule has 8 rings (SSSR count). The van der Waals surface area contributed by atoms with E-state index in [0.717, 1.165) is 29.5 Å². The first-order valence-corrected chi connectivity index (χ1v) is 20.9. The highest BCUT2D eigenvalue weighted by Gasteiger charge is 2.27. The number of aromatic nitrogens is 8. The van der Waals surface area contributed by atoms with Crippen LogP contribution < -0.4 is 10.6 Å². The molecule has 20 heteroatoms. The van der Waals surface area contributed by atoms with Gasteiger partial charge in [0.05, 0.1) is 40.2 Å². The van der Waals surface area contributed by atoms with Crippen molar-refractivity contribution < 1.29 is 25.6 Å². The SMILES string of the molecule is CS(=O)(=O)N1CCC(Nc2ncc3c(-c4c(F)cccc4F)[nH]nc3n2)CC1.CS(=O)(=O)N1CCC(Nc2ncc3c(-c4ccccc4)[nH]nc3n2)CC1. The molecule has 54 heavy (non-hydrogen) atoms. The first-order chi connectivity index (χ1) is 25.8. The number of hydrogen-bond acceptors (Lipinski definition) is 12. The summed E-state index contributed by atoms with van der Waals surface area (Å²) in [6, 6.07) is 13.7. The second-order valence-electron chi connectivity index (χ2n) is 13.2. The topological polar surface area (TPSA) is 208 Å². The summed E-state index contributed by atoms with van der Waals surface area (Å²) in [7, 11) is -6.30. The molecule has 0 unspecified atom stereocenters. The number of halogens is 2. The number of benzene rings is 2. The van der Waals surface area contributed by atoms with E-state index < -0.39 is 31.7 Å². The summed E-state index contributed by atoms with van der Waals surface area (Å²) in [5.41, 5.74) is 2.79. The summed E-state index contributed by atoms with van der Waals surface area (Å²) in [4.78, 5) is 17.4. The number of H-pyrrole nitrogens is 2. The highest BCUT2D eigenvalue weighted by molar-refractivity contribution is 7.88. The summed E-state index contributed by atoms with van der Waals surface area (Å²) < 4.78 is 77.4. The van der Waals surface area contributed by atoms with Crippen molar-refractivity contribution in [2.45, 2.75) is 37.8 Å². The molecule has 4 aromatic heterocycles. The van der Waals surface area contributed by atoms with Gasteiger partial charge >= 0.3 is 0 Å². The van der Waals surface area contributed by atoms with E-state index in [1.807, 2.05) is 30.3 Å². The van der Waals surface area contributed by atoms with Crippen LogP contribution in [0.3, 0.4) is 0 Å². The molecular formula is C34H38F2N12O4S2. The van der Waals surface area contributed by atoms with Crippen molar-refractivity contribution >= 4 is 54.0 Å². The van der Waals surface area contributed by atoms with Gasteiger partial charge in [0, 0.05) is 56.2 Å². The van der Waals surface area contributed by atoms with Crippen LogP contribution in [-0.4, -0.2) is 117 Å². The average Bonchev–Trinajstić information content (AvgIpc) is 3.76. The highest BCUT2D eigenvalue weighted by Crippen LogP contribution is 2.30. The minimum atomic E-state index is -3.18. The zero-order chi connectivity index (χ0) is 38.0. The van der Waals surface area contributed by atoms with Crippen molar-refractivity contribution in [3.05, 3.63) is 72.6 Å². The molecule has 284 valence electrons. The molecule has 0 aliphatic carbocycles. The molecule has 4 N–H and O–H groups in total. The zero-order valence-corrected chi connectivity index (χ0v) is 31.0. The molecule has 16 nitrogen and oxygen atoms in total. The number of piperidine rings is 2. The fraction of sp³-hybridized carbons (Fsp3) is 0.353. The standard InChI is InChI=1S/C17H18F2N6O2S.C17H20N6O2S/c1-28(26,27)25-7-5-10(6-8-25)21-17-20-9-11-15(23-24-16(11)22-17)14-12(18)3-2-4-13(14)19;1-26(24,25)23-9-7-13(8-10-23)19-17-18-11-14-15(21-22-16(14)20-17)12-5-3-2-4-6-12/h2-4,9-10H,5-8H2,1H3,(H2,20,21,22,23,24);2-6,11,13H,7-10H2,1H3,(H2,18,19,20,21,22). The van der Waals surface area contributed by atoms with Gasteiger partial charge in [0.1, 0.15) is 11.6 Å². The maximum Gasteiger partial charge on any atom is 0.224 e. The first kappa shape index (κ1) is 37.1. The smallest absolute Gasteiger partial charge is 0.224 e. The Morgan fingerprint density at radius 2 is 1.09 bits per heavy atom. The molecule has 2 aliphatic rings. The molecule has 6 heterocycles. The maximum absolute atomic E-state index is 14.1. The average molecular weight is 781 g/mol. The quantitative estimate of drug-likeness (QED) is 0.173. The Morgan fingerprint density at radius 3 is 1.56 bits per heavy atom. The maximum atomic E-state index is 14.1. The van der Waals surface area contributed by atoms with Crippen molar-refractivity contribution in [3.63, 3.8) is 0 Å². The van der Waals surface area contributed by atoms with Crippen molar-refractivity contribution in [1.82, 2.24) is 48.9 Å². The Bertz CT molecular complexity index is 2460. The van der Waals surface area contributed by atoms with Gasteiger partial charge in [-0.1, -0.05) is 36.4 Å². The number of nitrogens with zero attached hydrogens (tertiary/aromatic N) is 8. The Hall–Kier alpha value is -5.18. The van der Waals surface area contributed by atoms with Gasteiger partial charge in [0.2, 0.25) is 31.9 Å². The minimum absolute atomic E-state index is 0.0258. The van der Waals surface area contributed by atoms with E-state index in [2.05, 4.69) is 51.0 Å². The molecule has 0 bridgehead atoms. The van der Waals surface area contributed by atoms with Gasteiger partial charge in [-0.25, -0.2) is 44.2 Å². The van der Waals surface area contributed by atoms with Gasteiger partial charge in [-0.2, -0.15) is 20.2 Å². The van der Waals surface area contributed by atoms with E-state index in [1.54, 1.807) is 6.20 Å². The van der Waals surface area contributed by atoms with Crippen LogP contribution in [0, 0.1) is 11.6 Å². The third-order valence-electron chi connectivity index (χ3n) is 9.41. The van der Waals surface area contributed by atoms with Crippen molar-refractivity contribution in [3.8, 4) is 22.5 Å². The Morgan fingerprint density at radius 1 is 0.648 bits per heavy atom. The van der Waals surface area contributed by atoms with E-state index in [4.69, 9.17) is 0 Å².